The minimum Gasteiger partial charge on any atom is -0.458 e. The molecule has 0 bridgehead atoms. The van der Waals surface area contributed by atoms with Gasteiger partial charge in [0.1, 0.15) is 16.1 Å². The van der Waals surface area contributed by atoms with Crippen LogP contribution in [0.15, 0.2) is 16.5 Å². The summed E-state index contributed by atoms with van der Waals surface area (Å²) in [5.41, 5.74) is 0. The summed E-state index contributed by atoms with van der Waals surface area (Å²) >= 11 is 13.8. The molecule has 2 heterocycles. The second-order valence-corrected chi connectivity index (χ2v) is 4.86. The van der Waals surface area contributed by atoms with Gasteiger partial charge in [-0.15, -0.1) is 0 Å². The molecule has 0 radical (unpaired) electrons. The van der Waals surface area contributed by atoms with Crippen molar-refractivity contribution in [1.82, 2.24) is 9.97 Å². The van der Waals surface area contributed by atoms with E-state index < -0.39 is 0 Å². The molecule has 0 spiro atoms. The molecule has 6 heteroatoms. The first-order chi connectivity index (χ1) is 7.61. The molecule has 0 amide bonds. The van der Waals surface area contributed by atoms with Crippen molar-refractivity contribution in [2.24, 2.45) is 0 Å². The molecule has 0 aliphatic carbocycles. The van der Waals surface area contributed by atoms with Crippen LogP contribution >= 0.6 is 45.8 Å². The molecule has 0 unspecified atom stereocenters. The van der Waals surface area contributed by atoms with Gasteiger partial charge in [-0.05, 0) is 34.7 Å². The lowest BCUT2D eigenvalue weighted by Gasteiger charge is -2.00. The van der Waals surface area contributed by atoms with Crippen LogP contribution in [0.2, 0.25) is 10.3 Å². The summed E-state index contributed by atoms with van der Waals surface area (Å²) in [7, 11) is 0. The van der Waals surface area contributed by atoms with Gasteiger partial charge in [-0.1, -0.05) is 30.1 Å². The predicted octanol–water partition coefficient (Wildman–Crippen LogP) is 4.21. The van der Waals surface area contributed by atoms with Gasteiger partial charge in [0.05, 0.1) is 3.57 Å². The molecule has 0 aliphatic rings. The Morgan fingerprint density at radius 1 is 1.25 bits per heavy atom. The minimum atomic E-state index is 0.338. The van der Waals surface area contributed by atoms with Crippen LogP contribution in [0.25, 0.3) is 11.6 Å². The van der Waals surface area contributed by atoms with E-state index in [0.717, 1.165) is 12.2 Å². The van der Waals surface area contributed by atoms with Crippen LogP contribution in [0.1, 0.15) is 12.7 Å². The fraction of sp³-hybridized carbons (Fsp3) is 0.200. The lowest BCUT2D eigenvalue weighted by molar-refractivity contribution is 0.525. The van der Waals surface area contributed by atoms with Gasteiger partial charge in [0.25, 0.3) is 0 Å². The summed E-state index contributed by atoms with van der Waals surface area (Å²) in [6.07, 6.45) is 0.825. The van der Waals surface area contributed by atoms with Gasteiger partial charge in [0.15, 0.2) is 11.6 Å². The van der Waals surface area contributed by atoms with Crippen molar-refractivity contribution in [3.05, 3.63) is 31.8 Å². The predicted molar refractivity (Wildman–Crippen MR) is 71.8 cm³/mol. The van der Waals surface area contributed by atoms with E-state index in [4.69, 9.17) is 27.6 Å². The number of aryl methyl sites for hydroxylation is 1. The third-order valence-corrected chi connectivity index (χ3v) is 4.21. The summed E-state index contributed by atoms with van der Waals surface area (Å²) < 4.78 is 6.17. The second kappa shape index (κ2) is 4.89. The zero-order valence-electron chi connectivity index (χ0n) is 8.30. The van der Waals surface area contributed by atoms with Gasteiger partial charge in [-0.3, -0.25) is 0 Å². The van der Waals surface area contributed by atoms with E-state index in [1.807, 2.05) is 41.6 Å². The third kappa shape index (κ3) is 2.33. The number of rotatable bonds is 2. The van der Waals surface area contributed by atoms with Crippen LogP contribution in [-0.2, 0) is 6.42 Å². The first-order valence-corrected chi connectivity index (χ1v) is 6.43. The molecule has 0 atom stereocenters. The van der Waals surface area contributed by atoms with E-state index in [2.05, 4.69) is 9.97 Å². The van der Waals surface area contributed by atoms with E-state index in [0.29, 0.717) is 25.5 Å². The fourth-order valence-electron chi connectivity index (χ4n) is 1.19. The van der Waals surface area contributed by atoms with E-state index in [1.54, 1.807) is 0 Å². The topological polar surface area (TPSA) is 38.9 Å². The van der Waals surface area contributed by atoms with Crippen molar-refractivity contribution >= 4 is 45.8 Å². The Bertz CT molecular complexity index is 504. The number of furan rings is 1. The average Bonchev–Trinajstić information content (AvgIpc) is 2.73. The molecule has 2 aromatic rings. The quantitative estimate of drug-likeness (QED) is 0.588. The largest absolute Gasteiger partial charge is 0.458 e. The maximum absolute atomic E-state index is 5.92. The third-order valence-electron chi connectivity index (χ3n) is 2.00. The minimum absolute atomic E-state index is 0.338. The molecule has 0 aromatic carbocycles. The Hall–Kier alpha value is -0.330. The lowest BCUT2D eigenvalue weighted by Crippen LogP contribution is -1.92. The number of hydrogen-bond acceptors (Lipinski definition) is 3. The highest BCUT2D eigenvalue weighted by Crippen LogP contribution is 2.27. The summed E-state index contributed by atoms with van der Waals surface area (Å²) in [6, 6.07) is 3.70. The Kier molecular flexibility index (Phi) is 3.71. The molecule has 84 valence electrons. The zero-order valence-corrected chi connectivity index (χ0v) is 12.0. The van der Waals surface area contributed by atoms with Gasteiger partial charge in [0, 0.05) is 6.42 Å². The van der Waals surface area contributed by atoms with Crippen molar-refractivity contribution in [1.29, 1.82) is 0 Å². The van der Waals surface area contributed by atoms with E-state index in [9.17, 15) is 0 Å². The Morgan fingerprint density at radius 2 is 1.88 bits per heavy atom. The van der Waals surface area contributed by atoms with Crippen LogP contribution in [0.5, 0.6) is 0 Å². The highest BCUT2D eigenvalue weighted by molar-refractivity contribution is 14.1. The van der Waals surface area contributed by atoms with Crippen LogP contribution in [-0.4, -0.2) is 9.97 Å². The molecule has 0 saturated heterocycles. The van der Waals surface area contributed by atoms with Crippen molar-refractivity contribution in [3.8, 4) is 11.6 Å². The zero-order chi connectivity index (χ0) is 11.7. The number of halogens is 3. The van der Waals surface area contributed by atoms with Crippen molar-refractivity contribution in [3.63, 3.8) is 0 Å². The molecule has 0 N–H and O–H groups in total. The molecule has 0 fully saturated rings. The first-order valence-electron chi connectivity index (χ1n) is 4.59. The van der Waals surface area contributed by atoms with E-state index >= 15 is 0 Å². The maximum Gasteiger partial charge on any atom is 0.198 e. The lowest BCUT2D eigenvalue weighted by atomic mass is 10.3. The van der Waals surface area contributed by atoms with E-state index in [1.165, 1.54) is 0 Å². The van der Waals surface area contributed by atoms with Gasteiger partial charge in [0.2, 0.25) is 0 Å². The van der Waals surface area contributed by atoms with Crippen LogP contribution in [0, 0.1) is 3.57 Å². The number of hydrogen-bond donors (Lipinski definition) is 0. The highest BCUT2D eigenvalue weighted by Gasteiger charge is 2.13. The summed E-state index contributed by atoms with van der Waals surface area (Å²) in [5, 5.41) is 0.676. The smallest absolute Gasteiger partial charge is 0.198 e. The van der Waals surface area contributed by atoms with Gasteiger partial charge < -0.3 is 4.42 Å². The summed E-state index contributed by atoms with van der Waals surface area (Å²) in [4.78, 5) is 8.24. The number of aromatic nitrogens is 2. The number of nitrogens with zero attached hydrogens (tertiary/aromatic N) is 2. The summed E-state index contributed by atoms with van der Waals surface area (Å²) in [5.74, 6) is 1.87. The maximum atomic E-state index is 5.92. The molecular weight excluding hydrogens is 362 g/mol. The van der Waals surface area contributed by atoms with Gasteiger partial charge in [-0.25, -0.2) is 9.97 Å². The second-order valence-electron chi connectivity index (χ2n) is 3.06. The van der Waals surface area contributed by atoms with Crippen molar-refractivity contribution in [2.45, 2.75) is 13.3 Å². The first kappa shape index (κ1) is 12.1. The Balaban J connectivity index is 2.48. The molecular formula is C10H7Cl2IN2O. The highest BCUT2D eigenvalue weighted by atomic mass is 127. The molecule has 0 aliphatic heterocycles. The van der Waals surface area contributed by atoms with Gasteiger partial charge in [-0.2, -0.15) is 0 Å². The van der Waals surface area contributed by atoms with Crippen LogP contribution in [0.4, 0.5) is 0 Å². The molecule has 3 nitrogen and oxygen atoms in total. The molecule has 2 aromatic heterocycles. The van der Waals surface area contributed by atoms with Crippen LogP contribution < -0.4 is 0 Å². The van der Waals surface area contributed by atoms with Crippen molar-refractivity contribution < 1.29 is 4.42 Å². The monoisotopic (exact) mass is 368 g/mol. The average molecular weight is 369 g/mol. The van der Waals surface area contributed by atoms with Crippen molar-refractivity contribution in [2.75, 3.05) is 0 Å². The fourth-order valence-corrected chi connectivity index (χ4v) is 1.82. The molecule has 0 saturated carbocycles. The Morgan fingerprint density at radius 3 is 2.38 bits per heavy atom. The molecule has 2 rings (SSSR count). The normalized spacial score (nSPS) is 10.8. The van der Waals surface area contributed by atoms with E-state index in [-0.39, 0.29) is 0 Å². The Labute approximate surface area is 116 Å². The standard InChI is InChI=1S/C10H7Cl2IN2O/c1-2-5-3-4-6(16-5)10-14-8(11)7(13)9(12)15-10/h3-4H,2H2,1H3. The molecule has 16 heavy (non-hydrogen) atoms. The van der Waals surface area contributed by atoms with Gasteiger partial charge >= 0.3 is 0 Å². The SMILES string of the molecule is CCc1ccc(-c2nc(Cl)c(I)c(Cl)n2)o1. The summed E-state index contributed by atoms with van der Waals surface area (Å²) in [6.45, 7) is 2.01. The van der Waals surface area contributed by atoms with Crippen LogP contribution in [0.3, 0.4) is 0 Å².